The molecule has 0 spiro atoms. The summed E-state index contributed by atoms with van der Waals surface area (Å²) < 4.78 is 5.96. The van der Waals surface area contributed by atoms with Crippen LogP contribution in [0.3, 0.4) is 0 Å². The Morgan fingerprint density at radius 3 is 2.46 bits per heavy atom. The van der Waals surface area contributed by atoms with Gasteiger partial charge in [-0.05, 0) is 43.4 Å². The molecule has 0 amide bonds. The highest BCUT2D eigenvalue weighted by atomic mass is 16.5. The first-order valence-electron chi connectivity index (χ1n) is 7.93. The minimum atomic E-state index is -0.837. The molecule has 1 aromatic carbocycles. The third kappa shape index (κ3) is 2.90. The van der Waals surface area contributed by atoms with Crippen LogP contribution in [0.15, 0.2) is 46.9 Å². The van der Waals surface area contributed by atoms with E-state index in [-0.39, 0.29) is 17.0 Å². The molecule has 1 aromatic rings. The van der Waals surface area contributed by atoms with E-state index in [4.69, 9.17) is 16.6 Å². The SMILES string of the molecule is [C-]#[N+]/C(C#N)=C1\OC(C)(c2ccc(CCCC)cc2)C(C)=C1C#N. The molecule has 0 saturated carbocycles. The molecule has 0 radical (unpaired) electrons. The predicted octanol–water partition coefficient (Wildman–Crippen LogP) is 4.77. The van der Waals surface area contributed by atoms with Gasteiger partial charge in [0.1, 0.15) is 6.07 Å². The average Bonchev–Trinajstić information content (AvgIpc) is 2.86. The van der Waals surface area contributed by atoms with Crippen molar-refractivity contribution in [1.82, 2.24) is 0 Å². The van der Waals surface area contributed by atoms with E-state index in [2.05, 4.69) is 30.0 Å². The summed E-state index contributed by atoms with van der Waals surface area (Å²) in [6.45, 7) is 13.0. The van der Waals surface area contributed by atoms with Crippen LogP contribution in [0.4, 0.5) is 0 Å². The van der Waals surface area contributed by atoms with E-state index in [0.29, 0.717) is 0 Å². The fraction of sp³-hybridized carbons (Fsp3) is 0.350. The zero-order valence-electron chi connectivity index (χ0n) is 14.2. The quantitative estimate of drug-likeness (QED) is 0.593. The van der Waals surface area contributed by atoms with Crippen LogP contribution >= 0.6 is 0 Å². The molecule has 0 fully saturated rings. The number of nitriles is 2. The van der Waals surface area contributed by atoms with Gasteiger partial charge in [-0.1, -0.05) is 37.6 Å². The standard InChI is InChI=1S/C20H19N3O/c1-5-6-7-15-8-10-16(11-9-15)20(3)14(2)17(12-21)19(24-20)18(13-22)23-4/h8-11H,5-7H2,1-3H3/b19-18-. The molecule has 4 nitrogen and oxygen atoms in total. The Hall–Kier alpha value is -3.03. The molecule has 1 aliphatic rings. The molecule has 0 aliphatic carbocycles. The summed E-state index contributed by atoms with van der Waals surface area (Å²) in [5.41, 5.74) is 2.15. The lowest BCUT2D eigenvalue weighted by Crippen LogP contribution is -2.22. The zero-order chi connectivity index (χ0) is 17.7. The first-order valence-corrected chi connectivity index (χ1v) is 7.93. The van der Waals surface area contributed by atoms with Gasteiger partial charge in [-0.3, -0.25) is 0 Å². The monoisotopic (exact) mass is 317 g/mol. The maximum Gasteiger partial charge on any atom is 0.304 e. The van der Waals surface area contributed by atoms with Crippen LogP contribution in [0, 0.1) is 29.2 Å². The second kappa shape index (κ2) is 7.03. The average molecular weight is 317 g/mol. The largest absolute Gasteiger partial charge is 0.487 e. The Morgan fingerprint density at radius 2 is 1.96 bits per heavy atom. The molecule has 1 unspecified atom stereocenters. The number of aryl methyl sites for hydroxylation is 1. The van der Waals surface area contributed by atoms with Gasteiger partial charge >= 0.3 is 5.70 Å². The highest BCUT2D eigenvalue weighted by Crippen LogP contribution is 2.46. The Kier molecular flexibility index (Phi) is 5.08. The van der Waals surface area contributed by atoms with Crippen LogP contribution in [0.1, 0.15) is 44.7 Å². The van der Waals surface area contributed by atoms with Gasteiger partial charge in [-0.2, -0.15) is 5.26 Å². The van der Waals surface area contributed by atoms with Crippen LogP contribution in [0.25, 0.3) is 4.85 Å². The van der Waals surface area contributed by atoms with E-state index < -0.39 is 5.60 Å². The van der Waals surface area contributed by atoms with Gasteiger partial charge in [0, 0.05) is 0 Å². The summed E-state index contributed by atoms with van der Waals surface area (Å²) >= 11 is 0. The van der Waals surface area contributed by atoms with Crippen LogP contribution in [-0.2, 0) is 16.8 Å². The van der Waals surface area contributed by atoms with Gasteiger partial charge in [0.05, 0.1) is 18.2 Å². The third-order valence-electron chi connectivity index (χ3n) is 4.49. The topological polar surface area (TPSA) is 61.2 Å². The van der Waals surface area contributed by atoms with E-state index >= 15 is 0 Å². The molecule has 4 heteroatoms. The van der Waals surface area contributed by atoms with Gasteiger partial charge in [-0.25, -0.2) is 10.1 Å². The summed E-state index contributed by atoms with van der Waals surface area (Å²) in [7, 11) is 0. The third-order valence-corrected chi connectivity index (χ3v) is 4.49. The van der Waals surface area contributed by atoms with Gasteiger partial charge in [-0.15, -0.1) is 0 Å². The molecule has 0 bridgehead atoms. The molecule has 2 rings (SSSR count). The lowest BCUT2D eigenvalue weighted by Gasteiger charge is -2.27. The maximum absolute atomic E-state index is 9.43. The van der Waals surface area contributed by atoms with Gasteiger partial charge in [0.15, 0.2) is 11.4 Å². The number of hydrogen-bond acceptors (Lipinski definition) is 3. The van der Waals surface area contributed by atoms with Crippen molar-refractivity contribution in [2.24, 2.45) is 0 Å². The summed E-state index contributed by atoms with van der Waals surface area (Å²) in [5.74, 6) is 0.0880. The second-order valence-corrected chi connectivity index (χ2v) is 5.95. The molecule has 1 atom stereocenters. The van der Waals surface area contributed by atoms with Gasteiger partial charge < -0.3 is 4.74 Å². The van der Waals surface area contributed by atoms with Crippen molar-refractivity contribution in [3.63, 3.8) is 0 Å². The number of rotatable bonds is 4. The van der Waals surface area contributed by atoms with E-state index in [1.165, 1.54) is 5.56 Å². The van der Waals surface area contributed by atoms with Gasteiger partial charge in [0.2, 0.25) is 0 Å². The van der Waals surface area contributed by atoms with Crippen molar-refractivity contribution in [1.29, 1.82) is 10.5 Å². The summed E-state index contributed by atoms with van der Waals surface area (Å²) in [4.78, 5) is 3.19. The maximum atomic E-state index is 9.43. The molecule has 120 valence electrons. The van der Waals surface area contributed by atoms with Crippen LogP contribution in [-0.4, -0.2) is 0 Å². The minimum absolute atomic E-state index is 0.0880. The minimum Gasteiger partial charge on any atom is -0.487 e. The van der Waals surface area contributed by atoms with Crippen LogP contribution in [0.5, 0.6) is 0 Å². The number of ether oxygens (including phenoxy) is 1. The smallest absolute Gasteiger partial charge is 0.304 e. The van der Waals surface area contributed by atoms with E-state index in [1.807, 2.05) is 32.0 Å². The first kappa shape index (κ1) is 17.3. The van der Waals surface area contributed by atoms with E-state index in [1.54, 1.807) is 0 Å². The molecule has 1 heterocycles. The molecule has 24 heavy (non-hydrogen) atoms. The number of benzene rings is 1. The van der Waals surface area contributed by atoms with Crippen molar-refractivity contribution in [3.8, 4) is 12.1 Å². The van der Waals surface area contributed by atoms with Crippen LogP contribution < -0.4 is 0 Å². The number of nitrogens with zero attached hydrogens (tertiary/aromatic N) is 3. The molecule has 0 N–H and O–H groups in total. The highest BCUT2D eigenvalue weighted by molar-refractivity contribution is 5.57. The van der Waals surface area contributed by atoms with Gasteiger partial charge in [0.25, 0.3) is 0 Å². The summed E-state index contributed by atoms with van der Waals surface area (Å²) in [6, 6.07) is 12.0. The molecule has 0 aromatic heterocycles. The Bertz CT molecular complexity index is 810. The Balaban J connectivity index is 2.46. The second-order valence-electron chi connectivity index (χ2n) is 5.95. The summed E-state index contributed by atoms with van der Waals surface area (Å²) in [5, 5.41) is 18.5. The molecule has 0 saturated heterocycles. The van der Waals surface area contributed by atoms with E-state index in [9.17, 15) is 5.26 Å². The van der Waals surface area contributed by atoms with Crippen molar-refractivity contribution < 1.29 is 4.74 Å². The fourth-order valence-electron chi connectivity index (χ4n) is 2.81. The lowest BCUT2D eigenvalue weighted by molar-refractivity contribution is 0.0726. The van der Waals surface area contributed by atoms with Crippen molar-refractivity contribution in [2.45, 2.75) is 45.6 Å². The van der Waals surface area contributed by atoms with Crippen LogP contribution in [0.2, 0.25) is 0 Å². The molecular formula is C20H19N3O. The lowest BCUT2D eigenvalue weighted by atomic mass is 9.87. The molecule has 1 aliphatic heterocycles. The Labute approximate surface area is 143 Å². The normalized spacial score (nSPS) is 21.5. The Morgan fingerprint density at radius 1 is 1.29 bits per heavy atom. The van der Waals surface area contributed by atoms with E-state index in [0.717, 1.165) is 30.4 Å². The highest BCUT2D eigenvalue weighted by Gasteiger charge is 2.42. The van der Waals surface area contributed by atoms with Crippen molar-refractivity contribution in [3.05, 3.63) is 69.4 Å². The number of allylic oxidation sites excluding steroid dienone is 2. The zero-order valence-corrected chi connectivity index (χ0v) is 14.2. The summed E-state index contributed by atoms with van der Waals surface area (Å²) in [6.07, 6.45) is 3.33. The first-order chi connectivity index (χ1) is 11.5. The predicted molar refractivity (Wildman–Crippen MR) is 91.0 cm³/mol. The fourth-order valence-corrected chi connectivity index (χ4v) is 2.81. The number of unbranched alkanes of at least 4 members (excludes halogenated alkanes) is 1. The number of hydrogen-bond donors (Lipinski definition) is 0. The van der Waals surface area contributed by atoms with Crippen molar-refractivity contribution in [2.75, 3.05) is 0 Å². The molecular weight excluding hydrogens is 298 g/mol. The van der Waals surface area contributed by atoms with Crippen molar-refractivity contribution >= 4 is 0 Å².